The van der Waals surface area contributed by atoms with Crippen LogP contribution in [-0.4, -0.2) is 24.9 Å². The van der Waals surface area contributed by atoms with Crippen molar-refractivity contribution in [2.45, 2.75) is 38.5 Å². The zero-order valence-corrected chi connectivity index (χ0v) is 9.63. The minimum atomic E-state index is 0.210. The largest absolute Gasteiger partial charge is 0.356 e. The van der Waals surface area contributed by atoms with Crippen LogP contribution in [0, 0.1) is 11.8 Å². The second-order valence-corrected chi connectivity index (χ2v) is 4.84. The molecule has 2 N–H and O–H groups in total. The lowest BCUT2D eigenvalue weighted by Gasteiger charge is -2.05. The summed E-state index contributed by atoms with van der Waals surface area (Å²) >= 11 is 0. The second-order valence-electron chi connectivity index (χ2n) is 4.84. The number of hydrogen-bond donors (Lipinski definition) is 2. The van der Waals surface area contributed by atoms with Crippen molar-refractivity contribution in [2.75, 3.05) is 13.1 Å². The smallest absolute Gasteiger partial charge is 0.223 e. The molecule has 2 saturated carbocycles. The SMILES string of the molecule is O=C(NCCCCNC(=O)C1CC1)C1CC1. The summed E-state index contributed by atoms with van der Waals surface area (Å²) in [5, 5.41) is 5.83. The monoisotopic (exact) mass is 224 g/mol. The summed E-state index contributed by atoms with van der Waals surface area (Å²) in [4.78, 5) is 22.5. The number of carbonyl (C=O) groups is 2. The van der Waals surface area contributed by atoms with E-state index in [9.17, 15) is 9.59 Å². The molecular formula is C12H20N2O2. The van der Waals surface area contributed by atoms with Crippen molar-refractivity contribution < 1.29 is 9.59 Å². The Labute approximate surface area is 96.2 Å². The molecule has 16 heavy (non-hydrogen) atoms. The highest BCUT2D eigenvalue weighted by molar-refractivity contribution is 5.81. The number of amides is 2. The third-order valence-corrected chi connectivity index (χ3v) is 3.10. The summed E-state index contributed by atoms with van der Waals surface area (Å²) in [6.45, 7) is 1.49. The van der Waals surface area contributed by atoms with Gasteiger partial charge in [0.1, 0.15) is 0 Å². The van der Waals surface area contributed by atoms with E-state index >= 15 is 0 Å². The highest BCUT2D eigenvalue weighted by Crippen LogP contribution is 2.29. The van der Waals surface area contributed by atoms with Crippen molar-refractivity contribution in [2.24, 2.45) is 11.8 Å². The maximum absolute atomic E-state index is 11.3. The summed E-state index contributed by atoms with van der Waals surface area (Å²) in [6.07, 6.45) is 6.13. The van der Waals surface area contributed by atoms with Crippen molar-refractivity contribution in [1.29, 1.82) is 0 Å². The van der Waals surface area contributed by atoms with Crippen LogP contribution >= 0.6 is 0 Å². The van der Waals surface area contributed by atoms with Crippen molar-refractivity contribution in [3.63, 3.8) is 0 Å². The van der Waals surface area contributed by atoms with Crippen LogP contribution in [0.25, 0.3) is 0 Å². The lowest BCUT2D eigenvalue weighted by molar-refractivity contribution is -0.123. The van der Waals surface area contributed by atoms with E-state index in [1.54, 1.807) is 0 Å². The van der Waals surface area contributed by atoms with Gasteiger partial charge in [-0.1, -0.05) is 0 Å². The third-order valence-electron chi connectivity index (χ3n) is 3.10. The van der Waals surface area contributed by atoms with E-state index in [2.05, 4.69) is 10.6 Å². The van der Waals surface area contributed by atoms with Gasteiger partial charge in [0.2, 0.25) is 11.8 Å². The molecule has 0 atom stereocenters. The maximum atomic E-state index is 11.3. The van der Waals surface area contributed by atoms with Crippen molar-refractivity contribution >= 4 is 11.8 Å². The normalized spacial score (nSPS) is 19.2. The van der Waals surface area contributed by atoms with Gasteiger partial charge in [-0.05, 0) is 38.5 Å². The average Bonchev–Trinajstić information content (AvgIpc) is 3.15. The Kier molecular flexibility index (Phi) is 3.80. The van der Waals surface area contributed by atoms with Gasteiger partial charge >= 0.3 is 0 Å². The van der Waals surface area contributed by atoms with Gasteiger partial charge in [-0.25, -0.2) is 0 Å². The first-order valence-electron chi connectivity index (χ1n) is 6.33. The molecule has 2 amide bonds. The molecule has 0 spiro atoms. The van der Waals surface area contributed by atoms with Crippen molar-refractivity contribution in [1.82, 2.24) is 10.6 Å². The zero-order chi connectivity index (χ0) is 11.4. The molecule has 0 aliphatic heterocycles. The summed E-state index contributed by atoms with van der Waals surface area (Å²) < 4.78 is 0. The minimum absolute atomic E-state index is 0.210. The lowest BCUT2D eigenvalue weighted by Crippen LogP contribution is -2.28. The maximum Gasteiger partial charge on any atom is 0.223 e. The van der Waals surface area contributed by atoms with E-state index in [1.807, 2.05) is 0 Å². The Morgan fingerprint density at radius 1 is 0.812 bits per heavy atom. The first-order valence-corrected chi connectivity index (χ1v) is 6.33. The van der Waals surface area contributed by atoms with E-state index in [4.69, 9.17) is 0 Å². The molecule has 0 aromatic rings. The van der Waals surface area contributed by atoms with Gasteiger partial charge < -0.3 is 10.6 Å². The van der Waals surface area contributed by atoms with Gasteiger partial charge in [0.05, 0.1) is 0 Å². The Morgan fingerprint density at radius 2 is 1.19 bits per heavy atom. The number of carbonyl (C=O) groups excluding carboxylic acids is 2. The minimum Gasteiger partial charge on any atom is -0.356 e. The molecule has 2 rings (SSSR count). The Hall–Kier alpha value is -1.06. The van der Waals surface area contributed by atoms with Gasteiger partial charge in [0, 0.05) is 24.9 Å². The van der Waals surface area contributed by atoms with Gasteiger partial charge in [0.15, 0.2) is 0 Å². The molecular weight excluding hydrogens is 204 g/mol. The van der Waals surface area contributed by atoms with Crippen LogP contribution in [-0.2, 0) is 9.59 Å². The molecule has 90 valence electrons. The molecule has 0 unspecified atom stereocenters. The van der Waals surface area contributed by atoms with Crippen LogP contribution in [0.1, 0.15) is 38.5 Å². The highest BCUT2D eigenvalue weighted by Gasteiger charge is 2.29. The second kappa shape index (κ2) is 5.32. The van der Waals surface area contributed by atoms with Gasteiger partial charge in [-0.3, -0.25) is 9.59 Å². The molecule has 0 saturated heterocycles. The van der Waals surface area contributed by atoms with Crippen LogP contribution in [0.5, 0.6) is 0 Å². The predicted molar refractivity (Wildman–Crippen MR) is 60.7 cm³/mol. The number of rotatable bonds is 7. The van der Waals surface area contributed by atoms with E-state index in [0.29, 0.717) is 11.8 Å². The Bertz CT molecular complexity index is 242. The van der Waals surface area contributed by atoms with Crippen LogP contribution in [0.2, 0.25) is 0 Å². The summed E-state index contributed by atoms with van der Waals surface area (Å²) in [5.74, 6) is 1.02. The fourth-order valence-electron chi connectivity index (χ4n) is 1.65. The van der Waals surface area contributed by atoms with Gasteiger partial charge in [-0.15, -0.1) is 0 Å². The molecule has 2 aliphatic carbocycles. The molecule has 0 bridgehead atoms. The quantitative estimate of drug-likeness (QED) is 0.629. The summed E-state index contributed by atoms with van der Waals surface area (Å²) in [5.41, 5.74) is 0. The van der Waals surface area contributed by atoms with Gasteiger partial charge in [0.25, 0.3) is 0 Å². The van der Waals surface area contributed by atoms with Crippen molar-refractivity contribution in [3.8, 4) is 0 Å². The first kappa shape index (κ1) is 11.4. The molecule has 2 aliphatic rings. The van der Waals surface area contributed by atoms with E-state index < -0.39 is 0 Å². The van der Waals surface area contributed by atoms with Crippen LogP contribution in [0.3, 0.4) is 0 Å². The molecule has 0 aromatic heterocycles. The van der Waals surface area contributed by atoms with Crippen LogP contribution < -0.4 is 10.6 Å². The molecule has 2 fully saturated rings. The lowest BCUT2D eigenvalue weighted by atomic mass is 10.3. The molecule has 0 aromatic carbocycles. The standard InChI is InChI=1S/C12H20N2O2/c15-11(9-3-4-9)13-7-1-2-8-14-12(16)10-5-6-10/h9-10H,1-8H2,(H,13,15)(H,14,16). The fraction of sp³-hybridized carbons (Fsp3) is 0.833. The van der Waals surface area contributed by atoms with Crippen LogP contribution in [0.4, 0.5) is 0 Å². The Balaban J connectivity index is 1.39. The van der Waals surface area contributed by atoms with E-state index in [0.717, 1.165) is 51.6 Å². The third kappa shape index (κ3) is 3.83. The molecule has 0 heterocycles. The Morgan fingerprint density at radius 3 is 1.50 bits per heavy atom. The summed E-state index contributed by atoms with van der Waals surface area (Å²) in [6, 6.07) is 0. The molecule has 4 nitrogen and oxygen atoms in total. The van der Waals surface area contributed by atoms with Crippen molar-refractivity contribution in [3.05, 3.63) is 0 Å². The van der Waals surface area contributed by atoms with Crippen LogP contribution in [0.15, 0.2) is 0 Å². The molecule has 4 heteroatoms. The topological polar surface area (TPSA) is 58.2 Å². The summed E-state index contributed by atoms with van der Waals surface area (Å²) in [7, 11) is 0. The van der Waals surface area contributed by atoms with E-state index in [-0.39, 0.29) is 11.8 Å². The average molecular weight is 224 g/mol. The highest BCUT2D eigenvalue weighted by atomic mass is 16.2. The fourth-order valence-corrected chi connectivity index (χ4v) is 1.65. The number of unbranched alkanes of at least 4 members (excludes halogenated alkanes) is 1. The first-order chi connectivity index (χ1) is 7.77. The number of nitrogens with one attached hydrogen (secondary N) is 2. The molecule has 0 radical (unpaired) electrons. The van der Waals surface area contributed by atoms with Gasteiger partial charge in [-0.2, -0.15) is 0 Å². The van der Waals surface area contributed by atoms with E-state index in [1.165, 1.54) is 0 Å². The zero-order valence-electron chi connectivity index (χ0n) is 9.63. The number of hydrogen-bond acceptors (Lipinski definition) is 2. The predicted octanol–water partition coefficient (Wildman–Crippen LogP) is 0.819.